The molecule has 1 aliphatic rings. The van der Waals surface area contributed by atoms with Gasteiger partial charge < -0.3 is 10.0 Å². The van der Waals surface area contributed by atoms with Crippen LogP contribution in [0.15, 0.2) is 24.3 Å². The van der Waals surface area contributed by atoms with E-state index in [-0.39, 0.29) is 18.3 Å². The lowest BCUT2D eigenvalue weighted by molar-refractivity contribution is -0.141. The van der Waals surface area contributed by atoms with Crippen LogP contribution < -0.4 is 4.90 Å². The highest BCUT2D eigenvalue weighted by atomic mass is 35.5. The number of fused-ring (bicyclic) bond motifs is 1. The molecule has 1 aromatic heterocycles. The van der Waals surface area contributed by atoms with Crippen molar-refractivity contribution in [3.8, 4) is 0 Å². The van der Waals surface area contributed by atoms with Crippen LogP contribution in [0, 0.1) is 5.92 Å². The molecule has 1 N–H and O–H groups in total. The van der Waals surface area contributed by atoms with E-state index in [2.05, 4.69) is 16.0 Å². The molecule has 1 atom stereocenters. The number of thiazole rings is 1. The molecule has 1 aromatic carbocycles. The summed E-state index contributed by atoms with van der Waals surface area (Å²) in [6, 6.07) is 8.02. The monoisotopic (exact) mass is 298 g/mol. The van der Waals surface area contributed by atoms with E-state index in [1.165, 1.54) is 0 Å². The summed E-state index contributed by atoms with van der Waals surface area (Å²) in [6.45, 7) is 1.48. The number of para-hydroxylation sites is 1. The molecule has 1 fully saturated rings. The van der Waals surface area contributed by atoms with Crippen molar-refractivity contribution in [1.82, 2.24) is 4.98 Å². The van der Waals surface area contributed by atoms with E-state index in [1.54, 1.807) is 11.3 Å². The minimum Gasteiger partial charge on any atom is -0.481 e. The highest BCUT2D eigenvalue weighted by Crippen LogP contribution is 2.31. The Labute approximate surface area is 121 Å². The maximum Gasteiger partial charge on any atom is 0.308 e. The number of carboxylic acids is 1. The molecule has 1 unspecified atom stereocenters. The second-order valence-corrected chi connectivity index (χ2v) is 5.60. The smallest absolute Gasteiger partial charge is 0.308 e. The first-order valence-electron chi connectivity index (χ1n) is 6.07. The highest BCUT2D eigenvalue weighted by molar-refractivity contribution is 7.22. The van der Waals surface area contributed by atoms with E-state index < -0.39 is 5.97 Å². The Balaban J connectivity index is 0.00000133. The molecular weight excluding hydrogens is 284 g/mol. The van der Waals surface area contributed by atoms with Gasteiger partial charge in [0.25, 0.3) is 0 Å². The highest BCUT2D eigenvalue weighted by Gasteiger charge is 2.26. The van der Waals surface area contributed by atoms with Gasteiger partial charge in [-0.15, -0.1) is 12.4 Å². The van der Waals surface area contributed by atoms with Gasteiger partial charge >= 0.3 is 5.97 Å². The largest absolute Gasteiger partial charge is 0.481 e. The van der Waals surface area contributed by atoms with E-state index >= 15 is 0 Å². The van der Waals surface area contributed by atoms with Crippen LogP contribution in [0.5, 0.6) is 0 Å². The predicted molar refractivity (Wildman–Crippen MR) is 79.4 cm³/mol. The summed E-state index contributed by atoms with van der Waals surface area (Å²) in [5.74, 6) is -0.952. The lowest BCUT2D eigenvalue weighted by atomic mass is 9.99. The van der Waals surface area contributed by atoms with Gasteiger partial charge in [0.1, 0.15) is 0 Å². The summed E-state index contributed by atoms with van der Waals surface area (Å²) < 4.78 is 1.16. The van der Waals surface area contributed by atoms with Crippen LogP contribution in [0.1, 0.15) is 12.8 Å². The lowest BCUT2D eigenvalue weighted by Gasteiger charge is -2.30. The van der Waals surface area contributed by atoms with Crippen LogP contribution in [-0.4, -0.2) is 29.1 Å². The molecular formula is C13H15ClN2O2S. The van der Waals surface area contributed by atoms with Crippen molar-refractivity contribution in [2.75, 3.05) is 18.0 Å². The number of nitrogens with zero attached hydrogens (tertiary/aromatic N) is 2. The average Bonchev–Trinajstić information content (AvgIpc) is 2.82. The predicted octanol–water partition coefficient (Wildman–Crippen LogP) is 3.02. The van der Waals surface area contributed by atoms with Gasteiger partial charge in [-0.05, 0) is 25.0 Å². The normalized spacial score (nSPS) is 19.2. The third-order valence-electron chi connectivity index (χ3n) is 3.32. The second-order valence-electron chi connectivity index (χ2n) is 4.59. The lowest BCUT2D eigenvalue weighted by Crippen LogP contribution is -2.38. The number of anilines is 1. The Bertz CT molecular complexity index is 554. The van der Waals surface area contributed by atoms with Crippen LogP contribution in [0.2, 0.25) is 0 Å². The molecule has 0 radical (unpaired) electrons. The van der Waals surface area contributed by atoms with E-state index in [4.69, 9.17) is 5.11 Å². The molecule has 0 saturated carbocycles. The van der Waals surface area contributed by atoms with Crippen molar-refractivity contribution in [1.29, 1.82) is 0 Å². The summed E-state index contributed by atoms with van der Waals surface area (Å²) in [7, 11) is 0. The van der Waals surface area contributed by atoms with E-state index in [0.29, 0.717) is 6.54 Å². The molecule has 1 saturated heterocycles. The fourth-order valence-electron chi connectivity index (χ4n) is 2.35. The van der Waals surface area contributed by atoms with Crippen molar-refractivity contribution in [2.24, 2.45) is 5.92 Å². The summed E-state index contributed by atoms with van der Waals surface area (Å²) in [5, 5.41) is 10.0. The third kappa shape index (κ3) is 2.82. The number of aliphatic carboxylic acids is 1. The zero-order chi connectivity index (χ0) is 12.5. The maximum atomic E-state index is 11.1. The number of benzene rings is 1. The number of hydrogen-bond donors (Lipinski definition) is 1. The van der Waals surface area contributed by atoms with Crippen molar-refractivity contribution in [2.45, 2.75) is 12.8 Å². The molecule has 19 heavy (non-hydrogen) atoms. The molecule has 0 bridgehead atoms. The minimum atomic E-state index is -0.694. The average molecular weight is 299 g/mol. The molecule has 3 rings (SSSR count). The summed E-state index contributed by atoms with van der Waals surface area (Å²) in [4.78, 5) is 17.7. The Hall–Kier alpha value is -1.33. The van der Waals surface area contributed by atoms with Crippen LogP contribution in [0.4, 0.5) is 5.13 Å². The molecule has 0 spiro atoms. The first kappa shape index (κ1) is 14.1. The van der Waals surface area contributed by atoms with Crippen molar-refractivity contribution in [3.63, 3.8) is 0 Å². The standard InChI is InChI=1S/C13H14N2O2S.ClH/c16-12(17)9-4-3-7-15(8-9)13-14-10-5-1-2-6-11(10)18-13;/h1-2,5-6,9H,3-4,7-8H2,(H,16,17);1H. The first-order valence-corrected chi connectivity index (χ1v) is 6.89. The SMILES string of the molecule is Cl.O=C(O)C1CCCN(c2nc3ccccc3s2)C1. The van der Waals surface area contributed by atoms with Gasteiger partial charge in [0, 0.05) is 13.1 Å². The van der Waals surface area contributed by atoms with Gasteiger partial charge in [-0.1, -0.05) is 23.5 Å². The van der Waals surface area contributed by atoms with Crippen LogP contribution in [-0.2, 0) is 4.79 Å². The summed E-state index contributed by atoms with van der Waals surface area (Å²) >= 11 is 1.64. The molecule has 1 aliphatic heterocycles. The Morgan fingerprint density at radius 3 is 2.95 bits per heavy atom. The van der Waals surface area contributed by atoms with Gasteiger partial charge in [0.2, 0.25) is 0 Å². The number of halogens is 1. The fraction of sp³-hybridized carbons (Fsp3) is 0.385. The number of aromatic nitrogens is 1. The molecule has 102 valence electrons. The van der Waals surface area contributed by atoms with Crippen molar-refractivity contribution < 1.29 is 9.90 Å². The van der Waals surface area contributed by atoms with Gasteiger partial charge in [0.05, 0.1) is 16.1 Å². The van der Waals surface area contributed by atoms with Gasteiger partial charge in [-0.3, -0.25) is 4.79 Å². The molecule has 2 aromatic rings. The Morgan fingerprint density at radius 1 is 1.42 bits per heavy atom. The quantitative estimate of drug-likeness (QED) is 0.926. The summed E-state index contributed by atoms with van der Waals surface area (Å²) in [5.41, 5.74) is 0.995. The van der Waals surface area contributed by atoms with Crippen LogP contribution >= 0.6 is 23.7 Å². The molecule has 0 aliphatic carbocycles. The molecule has 4 nitrogen and oxygen atoms in total. The zero-order valence-corrected chi connectivity index (χ0v) is 11.9. The number of rotatable bonds is 2. The number of carbonyl (C=O) groups is 1. The van der Waals surface area contributed by atoms with Crippen molar-refractivity contribution in [3.05, 3.63) is 24.3 Å². The fourth-order valence-corrected chi connectivity index (χ4v) is 3.35. The van der Waals surface area contributed by atoms with Crippen LogP contribution in [0.25, 0.3) is 10.2 Å². The maximum absolute atomic E-state index is 11.1. The third-order valence-corrected chi connectivity index (χ3v) is 4.42. The zero-order valence-electron chi connectivity index (χ0n) is 10.3. The van der Waals surface area contributed by atoms with E-state index in [1.807, 2.05) is 18.2 Å². The molecule has 0 amide bonds. The Morgan fingerprint density at radius 2 is 2.21 bits per heavy atom. The topological polar surface area (TPSA) is 53.4 Å². The summed E-state index contributed by atoms with van der Waals surface area (Å²) in [6.07, 6.45) is 1.70. The van der Waals surface area contributed by atoms with E-state index in [0.717, 1.165) is 34.7 Å². The Kier molecular flexibility index (Phi) is 4.27. The molecule has 6 heteroatoms. The van der Waals surface area contributed by atoms with E-state index in [9.17, 15) is 4.79 Å². The second kappa shape index (κ2) is 5.75. The van der Waals surface area contributed by atoms with Crippen LogP contribution in [0.3, 0.4) is 0 Å². The van der Waals surface area contributed by atoms with Gasteiger partial charge in [-0.2, -0.15) is 0 Å². The molecule has 2 heterocycles. The van der Waals surface area contributed by atoms with Gasteiger partial charge in [0.15, 0.2) is 5.13 Å². The van der Waals surface area contributed by atoms with Crippen molar-refractivity contribution >= 4 is 45.1 Å². The number of piperidine rings is 1. The number of carboxylic acid groups (broad SMARTS) is 1. The van der Waals surface area contributed by atoms with Gasteiger partial charge in [-0.25, -0.2) is 4.98 Å². The number of hydrogen-bond acceptors (Lipinski definition) is 4. The first-order chi connectivity index (χ1) is 8.74. The minimum absolute atomic E-state index is 0.